The molecule has 182 valence electrons. The van der Waals surface area contributed by atoms with E-state index >= 15 is 0 Å². The summed E-state index contributed by atoms with van der Waals surface area (Å²) in [6, 6.07) is 14.6. The summed E-state index contributed by atoms with van der Waals surface area (Å²) in [6.07, 6.45) is 4.64. The van der Waals surface area contributed by atoms with Crippen LogP contribution in [0.1, 0.15) is 58.5 Å². The van der Waals surface area contributed by atoms with Gasteiger partial charge in [0.15, 0.2) is 5.78 Å². The van der Waals surface area contributed by atoms with E-state index in [0.29, 0.717) is 22.2 Å². The van der Waals surface area contributed by atoms with E-state index in [4.69, 9.17) is 17.0 Å². The third kappa shape index (κ3) is 6.25. The van der Waals surface area contributed by atoms with Crippen LogP contribution in [0.4, 0.5) is 5.82 Å². The lowest BCUT2D eigenvalue weighted by Crippen LogP contribution is -2.35. The Morgan fingerprint density at radius 3 is 2.34 bits per heavy atom. The molecule has 3 N–H and O–H groups in total. The van der Waals surface area contributed by atoms with Crippen molar-refractivity contribution in [1.82, 2.24) is 9.88 Å². The summed E-state index contributed by atoms with van der Waals surface area (Å²) >= 11 is 5.83. The number of benzene rings is 2. The number of hydrogen-bond donors (Lipinski definition) is 3. The Kier molecular flexibility index (Phi) is 8.60. The highest BCUT2D eigenvalue weighted by molar-refractivity contribution is 6.30. The molecule has 7 nitrogen and oxygen atoms in total. The molecule has 0 unspecified atom stereocenters. The van der Waals surface area contributed by atoms with Crippen LogP contribution in [-0.4, -0.2) is 45.6 Å². The number of phenolic OH excluding ortho intramolecular Hbond substituents is 1. The molecule has 0 aliphatic carbocycles. The van der Waals surface area contributed by atoms with Crippen molar-refractivity contribution in [3.63, 3.8) is 0 Å². The van der Waals surface area contributed by atoms with Gasteiger partial charge in [0.05, 0.1) is 5.02 Å². The number of phenols is 1. The summed E-state index contributed by atoms with van der Waals surface area (Å²) in [5.41, 5.74) is 1.64. The number of pyridine rings is 1. The molecule has 1 fully saturated rings. The first-order chi connectivity index (χ1) is 16.4. The monoisotopic (exact) mass is 492 g/mol. The summed E-state index contributed by atoms with van der Waals surface area (Å²) in [6.45, 7) is 1.76. The topological polar surface area (TPSA) is 106 Å². The summed E-state index contributed by atoms with van der Waals surface area (Å²) < 4.78 is 0. The number of aromatic hydroxyl groups is 1. The van der Waals surface area contributed by atoms with Gasteiger partial charge < -0.3 is 15.3 Å². The van der Waals surface area contributed by atoms with Crippen molar-refractivity contribution in [2.45, 2.75) is 33.1 Å². The smallest absolute Gasteiger partial charge is 0.257 e. The number of amides is 1. The molecule has 4 rings (SSSR count). The van der Waals surface area contributed by atoms with Crippen molar-refractivity contribution in [2.75, 3.05) is 18.4 Å². The lowest BCUT2D eigenvalue weighted by molar-refractivity contribution is 0.0991. The van der Waals surface area contributed by atoms with E-state index in [-0.39, 0.29) is 36.5 Å². The van der Waals surface area contributed by atoms with Gasteiger partial charge in [0, 0.05) is 48.0 Å². The number of amidine groups is 1. The molecule has 1 aliphatic rings. The largest absolute Gasteiger partial charge is 0.508 e. The number of piperidine rings is 1. The van der Waals surface area contributed by atoms with Gasteiger partial charge in [-0.25, -0.2) is 4.98 Å². The first kappa shape index (κ1) is 25.9. The molecule has 0 radical (unpaired) electrons. The second kappa shape index (κ2) is 11.6. The maximum atomic E-state index is 13.0. The highest BCUT2D eigenvalue weighted by Gasteiger charge is 2.20. The maximum Gasteiger partial charge on any atom is 0.257 e. The maximum absolute atomic E-state index is 13.0. The normalized spacial score (nSPS) is 13.0. The van der Waals surface area contributed by atoms with Gasteiger partial charge >= 0.3 is 0 Å². The molecule has 1 aliphatic heterocycles. The number of halogens is 1. The number of rotatable bonds is 6. The first-order valence-corrected chi connectivity index (χ1v) is 11.5. The van der Waals surface area contributed by atoms with Crippen LogP contribution in [0.2, 0.25) is 5.02 Å². The zero-order valence-corrected chi connectivity index (χ0v) is 19.3. The Balaban J connectivity index is 0.00000342. The molecule has 0 saturated carbocycles. The van der Waals surface area contributed by atoms with Crippen LogP contribution in [0.3, 0.4) is 0 Å². The van der Waals surface area contributed by atoms with Crippen molar-refractivity contribution < 1.29 is 14.7 Å². The van der Waals surface area contributed by atoms with E-state index < -0.39 is 5.91 Å². The molecule has 8 heteroatoms. The molecule has 1 saturated heterocycles. The van der Waals surface area contributed by atoms with Crippen molar-refractivity contribution in [3.05, 3.63) is 88.1 Å². The minimum absolute atomic E-state index is 0. The third-order valence-electron chi connectivity index (χ3n) is 5.85. The fourth-order valence-corrected chi connectivity index (χ4v) is 4.10. The minimum atomic E-state index is -0.487. The molecule has 0 atom stereocenters. The Labute approximate surface area is 210 Å². The number of likely N-dealkylation sites (tertiary alicyclic amines) is 1. The van der Waals surface area contributed by atoms with Crippen molar-refractivity contribution in [2.24, 2.45) is 0 Å². The number of nitrogens with zero attached hydrogens (tertiary/aromatic N) is 2. The number of carbonyl (C=O) groups is 2. The van der Waals surface area contributed by atoms with Gasteiger partial charge in [-0.2, -0.15) is 0 Å². The molecule has 3 aromatic rings. The summed E-state index contributed by atoms with van der Waals surface area (Å²) in [5, 5.41) is 21.9. The highest BCUT2D eigenvalue weighted by atomic mass is 35.5. The van der Waals surface area contributed by atoms with Crippen LogP contribution in [0, 0.1) is 5.41 Å². The van der Waals surface area contributed by atoms with Crippen LogP contribution >= 0.6 is 11.6 Å². The predicted molar refractivity (Wildman–Crippen MR) is 139 cm³/mol. The molecule has 2 heterocycles. The van der Waals surface area contributed by atoms with Crippen molar-refractivity contribution in [3.8, 4) is 5.75 Å². The minimum Gasteiger partial charge on any atom is -0.508 e. The SMILES string of the molecule is C.N=C(c1ccc(C(=O)Cc2c(O)cccc2C(=O)Nc2ccc(Cl)cn2)cc1)N1CCCCC1. The van der Waals surface area contributed by atoms with Gasteiger partial charge in [-0.3, -0.25) is 15.0 Å². The van der Waals surface area contributed by atoms with E-state index in [9.17, 15) is 14.7 Å². The van der Waals surface area contributed by atoms with E-state index in [0.717, 1.165) is 31.5 Å². The zero-order valence-electron chi connectivity index (χ0n) is 18.6. The van der Waals surface area contributed by atoms with Crippen molar-refractivity contribution in [1.29, 1.82) is 5.41 Å². The van der Waals surface area contributed by atoms with E-state index in [1.54, 1.807) is 48.5 Å². The molecule has 2 aromatic carbocycles. The van der Waals surface area contributed by atoms with Gasteiger partial charge in [-0.05, 0) is 43.5 Å². The van der Waals surface area contributed by atoms with Crippen LogP contribution in [0.5, 0.6) is 5.75 Å². The second-order valence-electron chi connectivity index (χ2n) is 8.19. The fraction of sp³-hybridized carbons (Fsp3) is 0.259. The lowest BCUT2D eigenvalue weighted by Gasteiger charge is -2.29. The highest BCUT2D eigenvalue weighted by Crippen LogP contribution is 2.24. The molecule has 0 spiro atoms. The van der Waals surface area contributed by atoms with Gasteiger partial charge in [-0.1, -0.05) is 49.4 Å². The number of ketones is 1. The van der Waals surface area contributed by atoms with Gasteiger partial charge in [0.25, 0.3) is 5.91 Å². The van der Waals surface area contributed by atoms with Gasteiger partial charge in [0.2, 0.25) is 0 Å². The average molecular weight is 493 g/mol. The number of Topliss-reactive ketones (excluding diaryl/α,β-unsaturated/α-hetero) is 1. The van der Waals surface area contributed by atoms with Crippen LogP contribution in [0.25, 0.3) is 0 Å². The average Bonchev–Trinajstić information content (AvgIpc) is 2.86. The zero-order chi connectivity index (χ0) is 24.1. The predicted octanol–water partition coefficient (Wildman–Crippen LogP) is 5.57. The first-order valence-electron chi connectivity index (χ1n) is 11.1. The van der Waals surface area contributed by atoms with Crippen LogP contribution < -0.4 is 5.32 Å². The molecule has 1 amide bonds. The van der Waals surface area contributed by atoms with E-state index in [2.05, 4.69) is 15.2 Å². The lowest BCUT2D eigenvalue weighted by atomic mass is 9.96. The quantitative estimate of drug-likeness (QED) is 0.237. The number of carbonyl (C=O) groups excluding carboxylic acids is 2. The summed E-state index contributed by atoms with van der Waals surface area (Å²) in [4.78, 5) is 31.9. The van der Waals surface area contributed by atoms with Gasteiger partial charge in [0.1, 0.15) is 17.4 Å². The molecular weight excluding hydrogens is 464 g/mol. The number of hydrogen-bond acceptors (Lipinski definition) is 5. The standard InChI is InChI=1S/C26H25ClN4O3.CH4/c27-19-11-12-24(29-16-19)30-26(34)20-5-4-6-22(32)21(20)15-23(33)17-7-9-18(10-8-17)25(28)31-13-2-1-3-14-31;/h4-12,16,28,32H,1-3,13-15H2,(H,29,30,34);1H4. The third-order valence-corrected chi connectivity index (χ3v) is 6.08. The second-order valence-corrected chi connectivity index (χ2v) is 8.63. The van der Waals surface area contributed by atoms with E-state index in [1.807, 2.05) is 0 Å². The Morgan fingerprint density at radius 2 is 1.69 bits per heavy atom. The molecule has 35 heavy (non-hydrogen) atoms. The molecule has 1 aromatic heterocycles. The summed E-state index contributed by atoms with van der Waals surface area (Å²) in [7, 11) is 0. The Bertz CT molecular complexity index is 1200. The number of anilines is 1. The molecule has 0 bridgehead atoms. The Hall–Kier alpha value is -3.71. The molecular formula is C27H29ClN4O3. The van der Waals surface area contributed by atoms with Gasteiger partial charge in [-0.15, -0.1) is 0 Å². The number of nitrogens with one attached hydrogen (secondary N) is 2. The Morgan fingerprint density at radius 1 is 1.00 bits per heavy atom. The van der Waals surface area contributed by atoms with E-state index in [1.165, 1.54) is 18.7 Å². The van der Waals surface area contributed by atoms with Crippen LogP contribution in [-0.2, 0) is 6.42 Å². The van der Waals surface area contributed by atoms with Crippen LogP contribution in [0.15, 0.2) is 60.8 Å². The summed E-state index contributed by atoms with van der Waals surface area (Å²) in [5.74, 6) is -0.0837. The van der Waals surface area contributed by atoms with Crippen molar-refractivity contribution >= 4 is 34.9 Å². The number of aromatic nitrogens is 1. The fourth-order valence-electron chi connectivity index (χ4n) is 3.98.